The van der Waals surface area contributed by atoms with Crippen molar-refractivity contribution in [3.8, 4) is 0 Å². The van der Waals surface area contributed by atoms with Crippen LogP contribution in [0, 0.1) is 6.92 Å². The molecule has 1 N–H and O–H groups in total. The Labute approximate surface area is 131 Å². The van der Waals surface area contributed by atoms with Crippen molar-refractivity contribution < 1.29 is 0 Å². The maximum atomic E-state index is 4.60. The van der Waals surface area contributed by atoms with Crippen molar-refractivity contribution in [3.05, 3.63) is 17.5 Å². The van der Waals surface area contributed by atoms with Crippen molar-refractivity contribution in [2.45, 2.75) is 91.6 Å². The Bertz CT molecular complexity index is 371. The topological polar surface area (TPSA) is 29.9 Å². The van der Waals surface area contributed by atoms with Gasteiger partial charge in [0.2, 0.25) is 0 Å². The molecule has 0 aliphatic carbocycles. The first-order valence-corrected chi connectivity index (χ1v) is 9.00. The van der Waals surface area contributed by atoms with Gasteiger partial charge in [0.25, 0.3) is 0 Å². The van der Waals surface area contributed by atoms with Crippen LogP contribution in [-0.2, 0) is 6.54 Å². The summed E-state index contributed by atoms with van der Waals surface area (Å²) in [6.45, 7) is 10.8. The fourth-order valence-electron chi connectivity index (χ4n) is 2.90. The van der Waals surface area contributed by atoms with Gasteiger partial charge in [-0.1, -0.05) is 52.4 Å². The molecule has 1 unspecified atom stereocenters. The largest absolute Gasteiger partial charge is 0.309 e. The average molecular weight is 293 g/mol. The van der Waals surface area contributed by atoms with E-state index < -0.39 is 0 Å². The summed E-state index contributed by atoms with van der Waals surface area (Å²) in [6, 6.07) is 2.73. The Balaban J connectivity index is 2.50. The molecule has 21 heavy (non-hydrogen) atoms. The molecule has 0 saturated carbocycles. The van der Waals surface area contributed by atoms with E-state index in [9.17, 15) is 0 Å². The third kappa shape index (κ3) is 6.64. The van der Waals surface area contributed by atoms with Crippen LogP contribution in [0.1, 0.15) is 89.6 Å². The fraction of sp³-hybridized carbons (Fsp3) is 0.833. The van der Waals surface area contributed by atoms with Gasteiger partial charge in [0.15, 0.2) is 0 Å². The van der Waals surface area contributed by atoms with Crippen LogP contribution in [0.2, 0.25) is 0 Å². The minimum absolute atomic E-state index is 0.470. The SMILES string of the molecule is CCCCCCCCC(NCCC)c1cc(C)nn1CC. The molecule has 0 amide bonds. The lowest BCUT2D eigenvalue weighted by Gasteiger charge is -2.19. The van der Waals surface area contributed by atoms with Gasteiger partial charge in [-0.2, -0.15) is 5.10 Å². The highest BCUT2D eigenvalue weighted by molar-refractivity contribution is 5.13. The van der Waals surface area contributed by atoms with Crippen LogP contribution in [0.4, 0.5) is 0 Å². The molecule has 1 aromatic heterocycles. The summed E-state index contributed by atoms with van der Waals surface area (Å²) in [5.41, 5.74) is 2.51. The van der Waals surface area contributed by atoms with Gasteiger partial charge < -0.3 is 5.32 Å². The van der Waals surface area contributed by atoms with Gasteiger partial charge in [-0.15, -0.1) is 0 Å². The number of nitrogens with one attached hydrogen (secondary N) is 1. The highest BCUT2D eigenvalue weighted by atomic mass is 15.3. The van der Waals surface area contributed by atoms with E-state index in [0.29, 0.717) is 6.04 Å². The maximum Gasteiger partial charge on any atom is 0.0597 e. The zero-order valence-corrected chi connectivity index (χ0v) is 14.6. The van der Waals surface area contributed by atoms with E-state index in [2.05, 4.69) is 48.9 Å². The smallest absolute Gasteiger partial charge is 0.0597 e. The van der Waals surface area contributed by atoms with E-state index in [0.717, 1.165) is 18.8 Å². The molecule has 0 radical (unpaired) electrons. The summed E-state index contributed by atoms with van der Waals surface area (Å²) in [4.78, 5) is 0. The second-order valence-electron chi connectivity index (χ2n) is 6.09. The highest BCUT2D eigenvalue weighted by Gasteiger charge is 2.15. The van der Waals surface area contributed by atoms with Crippen molar-refractivity contribution in [1.29, 1.82) is 0 Å². The summed E-state index contributed by atoms with van der Waals surface area (Å²) in [7, 11) is 0. The van der Waals surface area contributed by atoms with Crippen molar-refractivity contribution in [2.75, 3.05) is 6.54 Å². The lowest BCUT2D eigenvalue weighted by molar-refractivity contribution is 0.434. The van der Waals surface area contributed by atoms with Crippen LogP contribution in [0.3, 0.4) is 0 Å². The molecule has 0 spiro atoms. The first kappa shape index (κ1) is 18.2. The van der Waals surface area contributed by atoms with Gasteiger partial charge in [0.1, 0.15) is 0 Å². The van der Waals surface area contributed by atoms with Crippen LogP contribution >= 0.6 is 0 Å². The maximum absolute atomic E-state index is 4.60. The van der Waals surface area contributed by atoms with Gasteiger partial charge in [-0.05, 0) is 39.3 Å². The van der Waals surface area contributed by atoms with E-state index in [-0.39, 0.29) is 0 Å². The van der Waals surface area contributed by atoms with Gasteiger partial charge in [0.05, 0.1) is 11.4 Å². The lowest BCUT2D eigenvalue weighted by Crippen LogP contribution is -2.24. The van der Waals surface area contributed by atoms with Gasteiger partial charge in [-0.3, -0.25) is 4.68 Å². The van der Waals surface area contributed by atoms with Gasteiger partial charge >= 0.3 is 0 Å². The molecule has 1 atom stereocenters. The standard InChI is InChI=1S/C18H35N3/c1-5-8-9-10-11-12-13-17(19-14-6-2)18-15-16(4)20-21(18)7-3/h15,17,19H,5-14H2,1-4H3. The average Bonchev–Trinajstić information content (AvgIpc) is 2.86. The molecule has 1 rings (SSSR count). The molecule has 3 nitrogen and oxygen atoms in total. The van der Waals surface area contributed by atoms with Gasteiger partial charge in [-0.25, -0.2) is 0 Å². The Hall–Kier alpha value is -0.830. The predicted molar refractivity (Wildman–Crippen MR) is 91.7 cm³/mol. The molecule has 0 fully saturated rings. The third-order valence-corrected chi connectivity index (χ3v) is 4.08. The molecule has 1 heterocycles. The first-order valence-electron chi connectivity index (χ1n) is 9.00. The number of aryl methyl sites for hydroxylation is 2. The number of aromatic nitrogens is 2. The number of rotatable bonds is 12. The van der Waals surface area contributed by atoms with Crippen molar-refractivity contribution >= 4 is 0 Å². The van der Waals surface area contributed by atoms with E-state index in [1.54, 1.807) is 0 Å². The summed E-state index contributed by atoms with van der Waals surface area (Å²) in [6.07, 6.45) is 10.6. The Morgan fingerprint density at radius 3 is 2.43 bits per heavy atom. The second kappa shape index (κ2) is 10.8. The van der Waals surface area contributed by atoms with Gasteiger partial charge in [0, 0.05) is 12.6 Å². The van der Waals surface area contributed by atoms with E-state index >= 15 is 0 Å². The molecule has 0 aliphatic heterocycles. The quantitative estimate of drug-likeness (QED) is 0.549. The molecule has 0 aliphatic rings. The monoisotopic (exact) mass is 293 g/mol. The Morgan fingerprint density at radius 2 is 1.76 bits per heavy atom. The van der Waals surface area contributed by atoms with Crippen LogP contribution < -0.4 is 5.32 Å². The molecule has 122 valence electrons. The zero-order valence-electron chi connectivity index (χ0n) is 14.6. The minimum atomic E-state index is 0.470. The van der Waals surface area contributed by atoms with Crippen molar-refractivity contribution in [1.82, 2.24) is 15.1 Å². The van der Waals surface area contributed by atoms with Crippen molar-refractivity contribution in [3.63, 3.8) is 0 Å². The summed E-state index contributed by atoms with van der Waals surface area (Å²) >= 11 is 0. The van der Waals surface area contributed by atoms with E-state index in [1.807, 2.05) is 0 Å². The molecule has 0 aromatic carbocycles. The van der Waals surface area contributed by atoms with E-state index in [1.165, 1.54) is 57.1 Å². The number of nitrogens with zero attached hydrogens (tertiary/aromatic N) is 2. The summed E-state index contributed by atoms with van der Waals surface area (Å²) in [5.74, 6) is 0. The number of hydrogen-bond donors (Lipinski definition) is 1. The zero-order chi connectivity index (χ0) is 15.5. The summed E-state index contributed by atoms with van der Waals surface area (Å²) in [5, 5.41) is 8.32. The highest BCUT2D eigenvalue weighted by Crippen LogP contribution is 2.21. The normalized spacial score (nSPS) is 12.8. The molecule has 0 bridgehead atoms. The van der Waals surface area contributed by atoms with Crippen LogP contribution in [0.5, 0.6) is 0 Å². The van der Waals surface area contributed by atoms with Crippen LogP contribution in [0.25, 0.3) is 0 Å². The molecular formula is C18H35N3. The first-order chi connectivity index (χ1) is 10.2. The molecule has 1 aromatic rings. The summed E-state index contributed by atoms with van der Waals surface area (Å²) < 4.78 is 2.17. The third-order valence-electron chi connectivity index (χ3n) is 4.08. The van der Waals surface area contributed by atoms with Crippen LogP contribution in [0.15, 0.2) is 6.07 Å². The van der Waals surface area contributed by atoms with E-state index in [4.69, 9.17) is 0 Å². The Kier molecular flexibility index (Phi) is 9.40. The van der Waals surface area contributed by atoms with Crippen LogP contribution in [-0.4, -0.2) is 16.3 Å². The fourth-order valence-corrected chi connectivity index (χ4v) is 2.90. The predicted octanol–water partition coefficient (Wildman–Crippen LogP) is 5.00. The van der Waals surface area contributed by atoms with Crippen molar-refractivity contribution in [2.24, 2.45) is 0 Å². The number of unbranched alkanes of at least 4 members (excludes halogenated alkanes) is 5. The molecule has 3 heteroatoms. The Morgan fingerprint density at radius 1 is 1.05 bits per heavy atom. The molecular weight excluding hydrogens is 258 g/mol. The number of hydrogen-bond acceptors (Lipinski definition) is 2. The molecule has 0 saturated heterocycles. The lowest BCUT2D eigenvalue weighted by atomic mass is 10.0. The minimum Gasteiger partial charge on any atom is -0.309 e. The second-order valence-corrected chi connectivity index (χ2v) is 6.09.